The molecule has 0 radical (unpaired) electrons. The summed E-state index contributed by atoms with van der Waals surface area (Å²) < 4.78 is 12.9. The van der Waals surface area contributed by atoms with Gasteiger partial charge in [0.15, 0.2) is 0 Å². The minimum atomic E-state index is -0.121. The monoisotopic (exact) mass is 179 g/mol. The van der Waals surface area contributed by atoms with Crippen molar-refractivity contribution in [1.82, 2.24) is 0 Å². The predicted octanol–water partition coefficient (Wildman–Crippen LogP) is 2.60. The average Bonchev–Trinajstić information content (AvgIpc) is 2.46. The third-order valence-electron chi connectivity index (χ3n) is 2.60. The van der Waals surface area contributed by atoms with E-state index in [0.717, 1.165) is 18.5 Å². The van der Waals surface area contributed by atoms with Crippen LogP contribution >= 0.6 is 0 Å². The maximum atomic E-state index is 12.9. The van der Waals surface area contributed by atoms with Gasteiger partial charge in [-0.3, -0.25) is 0 Å². The van der Waals surface area contributed by atoms with Crippen LogP contribution in [0, 0.1) is 5.82 Å². The fourth-order valence-electron chi connectivity index (χ4n) is 1.93. The van der Waals surface area contributed by atoms with Crippen LogP contribution in [-0.4, -0.2) is 12.6 Å². The molecule has 0 N–H and O–H groups in total. The van der Waals surface area contributed by atoms with Crippen molar-refractivity contribution in [2.45, 2.75) is 26.3 Å². The zero-order valence-electron chi connectivity index (χ0n) is 8.05. The van der Waals surface area contributed by atoms with Gasteiger partial charge in [0.1, 0.15) is 5.82 Å². The van der Waals surface area contributed by atoms with Crippen molar-refractivity contribution < 1.29 is 4.39 Å². The predicted molar refractivity (Wildman–Crippen MR) is 52.6 cm³/mol. The van der Waals surface area contributed by atoms with Gasteiger partial charge in [0.2, 0.25) is 0 Å². The van der Waals surface area contributed by atoms with Crippen molar-refractivity contribution in [3.8, 4) is 0 Å². The Bertz CT molecular complexity index is 320. The lowest BCUT2D eigenvalue weighted by Crippen LogP contribution is -2.28. The summed E-state index contributed by atoms with van der Waals surface area (Å²) in [7, 11) is 0. The third-order valence-corrected chi connectivity index (χ3v) is 2.60. The molecule has 1 aromatic carbocycles. The zero-order chi connectivity index (χ0) is 9.42. The molecule has 0 amide bonds. The van der Waals surface area contributed by atoms with Crippen LogP contribution in [0.4, 0.5) is 10.1 Å². The van der Waals surface area contributed by atoms with Crippen molar-refractivity contribution >= 4 is 5.69 Å². The van der Waals surface area contributed by atoms with Crippen LogP contribution in [-0.2, 0) is 6.42 Å². The molecular formula is C11H14FN. The van der Waals surface area contributed by atoms with Crippen LogP contribution in [0.2, 0.25) is 0 Å². The molecule has 70 valence electrons. The summed E-state index contributed by atoms with van der Waals surface area (Å²) in [5, 5.41) is 0. The van der Waals surface area contributed by atoms with Gasteiger partial charge in [-0.2, -0.15) is 0 Å². The molecule has 0 bridgehead atoms. The van der Waals surface area contributed by atoms with Gasteiger partial charge < -0.3 is 4.90 Å². The molecule has 0 fully saturated rings. The second-order valence-electron chi connectivity index (χ2n) is 3.81. The normalized spacial score (nSPS) is 15.2. The van der Waals surface area contributed by atoms with Gasteiger partial charge in [-0.1, -0.05) is 0 Å². The van der Waals surface area contributed by atoms with Crippen LogP contribution in [0.3, 0.4) is 0 Å². The number of rotatable bonds is 1. The van der Waals surface area contributed by atoms with E-state index in [0.29, 0.717) is 6.04 Å². The summed E-state index contributed by atoms with van der Waals surface area (Å²) in [6, 6.07) is 5.58. The van der Waals surface area contributed by atoms with Crippen LogP contribution in [0.5, 0.6) is 0 Å². The van der Waals surface area contributed by atoms with Crippen molar-refractivity contribution in [1.29, 1.82) is 0 Å². The Morgan fingerprint density at radius 2 is 2.15 bits per heavy atom. The van der Waals surface area contributed by atoms with Crippen LogP contribution in [0.1, 0.15) is 19.4 Å². The van der Waals surface area contributed by atoms with E-state index in [2.05, 4.69) is 18.7 Å². The fraction of sp³-hybridized carbons (Fsp3) is 0.455. The molecule has 1 aliphatic heterocycles. The van der Waals surface area contributed by atoms with Gasteiger partial charge >= 0.3 is 0 Å². The van der Waals surface area contributed by atoms with Gasteiger partial charge in [0.05, 0.1) is 0 Å². The van der Waals surface area contributed by atoms with E-state index in [1.807, 2.05) is 6.07 Å². The molecule has 2 rings (SSSR count). The molecule has 1 nitrogen and oxygen atoms in total. The van der Waals surface area contributed by atoms with Gasteiger partial charge in [0.25, 0.3) is 0 Å². The largest absolute Gasteiger partial charge is 0.369 e. The molecule has 0 aliphatic carbocycles. The molecule has 2 heteroatoms. The van der Waals surface area contributed by atoms with E-state index in [9.17, 15) is 4.39 Å². The lowest BCUT2D eigenvalue weighted by Gasteiger charge is -2.23. The summed E-state index contributed by atoms with van der Waals surface area (Å²) >= 11 is 0. The van der Waals surface area contributed by atoms with E-state index in [-0.39, 0.29) is 5.82 Å². The molecular weight excluding hydrogens is 165 g/mol. The summed E-state index contributed by atoms with van der Waals surface area (Å²) in [5.74, 6) is -0.121. The Hall–Kier alpha value is -1.05. The second-order valence-corrected chi connectivity index (χ2v) is 3.81. The average molecular weight is 179 g/mol. The molecule has 13 heavy (non-hydrogen) atoms. The first kappa shape index (κ1) is 8.54. The standard InChI is InChI=1S/C11H14FN/c1-8(2)13-6-5-9-7-10(12)3-4-11(9)13/h3-4,7-8H,5-6H2,1-2H3. The lowest BCUT2D eigenvalue weighted by atomic mass is 10.1. The molecule has 0 aromatic heterocycles. The van der Waals surface area contributed by atoms with E-state index in [1.54, 1.807) is 12.1 Å². The highest BCUT2D eigenvalue weighted by Gasteiger charge is 2.20. The van der Waals surface area contributed by atoms with E-state index < -0.39 is 0 Å². The first-order chi connectivity index (χ1) is 6.18. The van der Waals surface area contributed by atoms with Gasteiger partial charge in [-0.05, 0) is 44.0 Å². The summed E-state index contributed by atoms with van der Waals surface area (Å²) in [5.41, 5.74) is 2.35. The molecule has 0 saturated carbocycles. The highest BCUT2D eigenvalue weighted by Crippen LogP contribution is 2.29. The smallest absolute Gasteiger partial charge is 0.123 e. The number of anilines is 1. The zero-order valence-corrected chi connectivity index (χ0v) is 8.05. The number of halogens is 1. The number of hydrogen-bond donors (Lipinski definition) is 0. The summed E-state index contributed by atoms with van der Waals surface area (Å²) in [6.07, 6.45) is 0.977. The maximum absolute atomic E-state index is 12.9. The van der Waals surface area contributed by atoms with E-state index >= 15 is 0 Å². The molecule has 1 aliphatic rings. The number of nitrogens with zero attached hydrogens (tertiary/aromatic N) is 1. The van der Waals surface area contributed by atoms with Crippen molar-refractivity contribution in [2.24, 2.45) is 0 Å². The van der Waals surface area contributed by atoms with Crippen molar-refractivity contribution in [3.63, 3.8) is 0 Å². The van der Waals surface area contributed by atoms with Crippen molar-refractivity contribution in [2.75, 3.05) is 11.4 Å². The van der Waals surface area contributed by atoms with Gasteiger partial charge in [0, 0.05) is 18.3 Å². The minimum absolute atomic E-state index is 0.121. The van der Waals surface area contributed by atoms with Crippen LogP contribution in [0.25, 0.3) is 0 Å². The third kappa shape index (κ3) is 1.41. The lowest BCUT2D eigenvalue weighted by molar-refractivity contribution is 0.626. The van der Waals surface area contributed by atoms with E-state index in [1.165, 1.54) is 5.69 Å². The molecule has 1 aromatic rings. The van der Waals surface area contributed by atoms with Gasteiger partial charge in [-0.15, -0.1) is 0 Å². The SMILES string of the molecule is CC(C)N1CCc2cc(F)ccc21. The number of hydrogen-bond acceptors (Lipinski definition) is 1. The first-order valence-electron chi connectivity index (χ1n) is 4.73. The Balaban J connectivity index is 2.38. The summed E-state index contributed by atoms with van der Waals surface area (Å²) in [6.45, 7) is 5.35. The molecule has 0 atom stereocenters. The topological polar surface area (TPSA) is 3.24 Å². The molecule has 0 spiro atoms. The van der Waals surface area contributed by atoms with E-state index in [4.69, 9.17) is 0 Å². The molecule has 0 saturated heterocycles. The highest BCUT2D eigenvalue weighted by molar-refractivity contribution is 5.58. The number of fused-ring (bicyclic) bond motifs is 1. The van der Waals surface area contributed by atoms with Crippen LogP contribution < -0.4 is 4.90 Å². The molecule has 1 heterocycles. The fourth-order valence-corrected chi connectivity index (χ4v) is 1.93. The first-order valence-corrected chi connectivity index (χ1v) is 4.73. The maximum Gasteiger partial charge on any atom is 0.123 e. The second kappa shape index (κ2) is 3.02. The van der Waals surface area contributed by atoms with Crippen LogP contribution in [0.15, 0.2) is 18.2 Å². The molecule has 0 unspecified atom stereocenters. The number of benzene rings is 1. The Morgan fingerprint density at radius 3 is 2.85 bits per heavy atom. The van der Waals surface area contributed by atoms with Crippen molar-refractivity contribution in [3.05, 3.63) is 29.6 Å². The Morgan fingerprint density at radius 1 is 1.38 bits per heavy atom. The minimum Gasteiger partial charge on any atom is -0.369 e. The highest BCUT2D eigenvalue weighted by atomic mass is 19.1. The quantitative estimate of drug-likeness (QED) is 0.640. The Kier molecular flexibility index (Phi) is 1.98. The Labute approximate surface area is 78.2 Å². The van der Waals surface area contributed by atoms with Gasteiger partial charge in [-0.25, -0.2) is 4.39 Å². The summed E-state index contributed by atoms with van der Waals surface area (Å²) in [4.78, 5) is 2.31.